The third-order valence-corrected chi connectivity index (χ3v) is 7.14. The van der Waals surface area contributed by atoms with Gasteiger partial charge in [0.15, 0.2) is 0 Å². The number of halogens is 1. The molecule has 1 atom stereocenters. The van der Waals surface area contributed by atoms with Gasteiger partial charge in [0.25, 0.3) is 17.4 Å². The molecule has 1 saturated heterocycles. The van der Waals surface area contributed by atoms with Gasteiger partial charge in [0.05, 0.1) is 23.4 Å². The zero-order valence-corrected chi connectivity index (χ0v) is 22.2. The lowest BCUT2D eigenvalue weighted by Crippen LogP contribution is -2.40. The van der Waals surface area contributed by atoms with E-state index in [2.05, 4.69) is 25.6 Å². The zero-order valence-electron chi connectivity index (χ0n) is 21.4. The van der Waals surface area contributed by atoms with E-state index in [4.69, 9.17) is 17.3 Å². The number of rotatable bonds is 7. The molecule has 2 aromatic heterocycles. The number of nitrogens with one attached hydrogen (secondary N) is 3. The largest absolute Gasteiger partial charge is 0.394 e. The van der Waals surface area contributed by atoms with Crippen molar-refractivity contribution in [2.45, 2.75) is 24.9 Å². The van der Waals surface area contributed by atoms with Crippen LogP contribution in [-0.4, -0.2) is 57.6 Å². The van der Waals surface area contributed by atoms with Gasteiger partial charge in [-0.05, 0) is 42.7 Å². The fourth-order valence-electron chi connectivity index (χ4n) is 4.52. The van der Waals surface area contributed by atoms with Crippen LogP contribution in [0.25, 0.3) is 11.0 Å². The van der Waals surface area contributed by atoms with Crippen LogP contribution in [0.1, 0.15) is 45.2 Å². The number of aliphatic hydroxyl groups excluding tert-OH is 1. The van der Waals surface area contributed by atoms with Gasteiger partial charge in [-0.2, -0.15) is 4.98 Å². The third kappa shape index (κ3) is 5.96. The Bertz CT molecular complexity index is 1600. The molecule has 12 heteroatoms. The highest BCUT2D eigenvalue weighted by molar-refractivity contribution is 6.34. The molecule has 0 spiro atoms. The smallest absolute Gasteiger partial charge is 0.262 e. The van der Waals surface area contributed by atoms with Gasteiger partial charge in [-0.3, -0.25) is 14.4 Å². The molecular formula is C28H28ClN7O4. The highest BCUT2D eigenvalue weighted by Crippen LogP contribution is 2.25. The number of amides is 2. The molecular weight excluding hydrogens is 534 g/mol. The van der Waals surface area contributed by atoms with Gasteiger partial charge in [-0.25, -0.2) is 4.98 Å². The van der Waals surface area contributed by atoms with Crippen molar-refractivity contribution in [1.82, 2.24) is 20.3 Å². The second-order valence-electron chi connectivity index (χ2n) is 9.58. The average Bonchev–Trinajstić information content (AvgIpc) is 2.97. The molecule has 2 aromatic carbocycles. The Morgan fingerprint density at radius 3 is 2.60 bits per heavy atom. The topological polar surface area (TPSA) is 166 Å². The molecule has 40 heavy (non-hydrogen) atoms. The number of fused-ring (bicyclic) bond motifs is 1. The number of anilines is 2. The van der Waals surface area contributed by atoms with Crippen LogP contribution in [0.4, 0.5) is 11.6 Å². The predicted octanol–water partition coefficient (Wildman–Crippen LogP) is 2.61. The molecule has 6 N–H and O–H groups in total. The Labute approximate surface area is 234 Å². The van der Waals surface area contributed by atoms with Crippen molar-refractivity contribution in [2.75, 3.05) is 29.9 Å². The fourth-order valence-corrected chi connectivity index (χ4v) is 4.68. The molecule has 4 aromatic rings. The summed E-state index contributed by atoms with van der Waals surface area (Å²) in [6.07, 6.45) is 3.22. The number of benzene rings is 2. The molecule has 0 radical (unpaired) electrons. The van der Waals surface area contributed by atoms with E-state index >= 15 is 0 Å². The van der Waals surface area contributed by atoms with E-state index in [1.54, 1.807) is 18.3 Å². The molecule has 0 aliphatic carbocycles. The van der Waals surface area contributed by atoms with Gasteiger partial charge < -0.3 is 31.4 Å². The SMILES string of the molecule is NC1CCN(c2ncc3cc(C(=O)Nc4cc(C(=O)NC(CO)c5ccccc5)ccc4Cl)c(=O)[nH]c3n2)CC1. The number of aliphatic hydroxyl groups is 1. The predicted molar refractivity (Wildman–Crippen MR) is 153 cm³/mol. The third-order valence-electron chi connectivity index (χ3n) is 6.81. The number of carbonyl (C=O) groups is 2. The lowest BCUT2D eigenvalue weighted by atomic mass is 10.1. The van der Waals surface area contributed by atoms with Crippen LogP contribution in [0.15, 0.2) is 65.6 Å². The molecule has 1 aliphatic rings. The van der Waals surface area contributed by atoms with Crippen molar-refractivity contribution < 1.29 is 14.7 Å². The summed E-state index contributed by atoms with van der Waals surface area (Å²) >= 11 is 6.29. The highest BCUT2D eigenvalue weighted by Gasteiger charge is 2.21. The highest BCUT2D eigenvalue weighted by atomic mass is 35.5. The van der Waals surface area contributed by atoms with Crippen molar-refractivity contribution in [3.63, 3.8) is 0 Å². The van der Waals surface area contributed by atoms with E-state index < -0.39 is 23.4 Å². The first-order chi connectivity index (χ1) is 19.3. The number of aromatic nitrogens is 3. The van der Waals surface area contributed by atoms with Crippen molar-refractivity contribution in [3.8, 4) is 0 Å². The van der Waals surface area contributed by atoms with Gasteiger partial charge in [-0.1, -0.05) is 41.9 Å². The van der Waals surface area contributed by atoms with Crippen LogP contribution >= 0.6 is 11.6 Å². The second kappa shape index (κ2) is 11.8. The average molecular weight is 562 g/mol. The number of piperidine rings is 1. The summed E-state index contributed by atoms with van der Waals surface area (Å²) in [5.41, 5.74) is 6.59. The Morgan fingerprint density at radius 2 is 1.88 bits per heavy atom. The standard InChI is InChI=1S/C28H28ClN7O4/c29-21-7-6-17(25(38)33-23(15-37)16-4-2-1-3-5-16)13-22(21)32-26(39)20-12-18-14-31-28(35-24(18)34-27(20)40)36-10-8-19(30)9-11-36/h1-7,12-14,19,23,37H,8-11,15,30H2,(H,32,39)(H,33,38)(H,31,34,35,40). The van der Waals surface area contributed by atoms with E-state index in [-0.39, 0.29) is 34.5 Å². The molecule has 3 heterocycles. The summed E-state index contributed by atoms with van der Waals surface area (Å²) in [5.74, 6) is -0.693. The van der Waals surface area contributed by atoms with Crippen LogP contribution < -0.4 is 26.8 Å². The second-order valence-corrected chi connectivity index (χ2v) is 9.99. The van der Waals surface area contributed by atoms with Gasteiger partial charge in [0.1, 0.15) is 11.2 Å². The lowest BCUT2D eigenvalue weighted by molar-refractivity contribution is 0.0915. The van der Waals surface area contributed by atoms with Crippen molar-refractivity contribution in [1.29, 1.82) is 0 Å². The van der Waals surface area contributed by atoms with E-state index in [9.17, 15) is 19.5 Å². The van der Waals surface area contributed by atoms with Crippen molar-refractivity contribution in [2.24, 2.45) is 5.73 Å². The Kier molecular flexibility index (Phi) is 8.06. The number of hydrogen-bond acceptors (Lipinski definition) is 8. The molecule has 1 fully saturated rings. The molecule has 0 bridgehead atoms. The number of aromatic amines is 1. The molecule has 1 aliphatic heterocycles. The first kappa shape index (κ1) is 27.3. The maximum atomic E-state index is 13.1. The van der Waals surface area contributed by atoms with Crippen molar-refractivity contribution >= 4 is 46.1 Å². The normalized spacial score (nSPS) is 14.6. The maximum Gasteiger partial charge on any atom is 0.262 e. The fraction of sp³-hybridized carbons (Fsp3) is 0.250. The van der Waals surface area contributed by atoms with Crippen LogP contribution in [-0.2, 0) is 0 Å². The molecule has 5 rings (SSSR count). The summed E-state index contributed by atoms with van der Waals surface area (Å²) < 4.78 is 0. The van der Waals surface area contributed by atoms with Gasteiger partial charge in [-0.15, -0.1) is 0 Å². The van der Waals surface area contributed by atoms with Crippen LogP contribution in [0.3, 0.4) is 0 Å². The summed E-state index contributed by atoms with van der Waals surface area (Å²) in [5, 5.41) is 15.8. The van der Waals surface area contributed by atoms with Crippen LogP contribution in [0.5, 0.6) is 0 Å². The quantitative estimate of drug-likeness (QED) is 0.229. The summed E-state index contributed by atoms with van der Waals surface area (Å²) in [6.45, 7) is 1.15. The van der Waals surface area contributed by atoms with E-state index in [1.165, 1.54) is 24.3 Å². The van der Waals surface area contributed by atoms with Gasteiger partial charge in [0.2, 0.25) is 5.95 Å². The number of carbonyl (C=O) groups excluding carboxylic acids is 2. The Morgan fingerprint density at radius 1 is 1.12 bits per heavy atom. The van der Waals surface area contributed by atoms with Crippen LogP contribution in [0, 0.1) is 0 Å². The molecule has 11 nitrogen and oxygen atoms in total. The molecule has 206 valence electrons. The summed E-state index contributed by atoms with van der Waals surface area (Å²) in [4.78, 5) is 52.4. The number of nitrogens with zero attached hydrogens (tertiary/aromatic N) is 3. The minimum atomic E-state index is -0.714. The monoisotopic (exact) mass is 561 g/mol. The maximum absolute atomic E-state index is 13.1. The van der Waals surface area contributed by atoms with E-state index in [0.717, 1.165) is 31.5 Å². The van der Waals surface area contributed by atoms with E-state index in [1.807, 2.05) is 23.1 Å². The zero-order chi connectivity index (χ0) is 28.2. The number of pyridine rings is 1. The minimum absolute atomic E-state index is 0.147. The van der Waals surface area contributed by atoms with E-state index in [0.29, 0.717) is 17.0 Å². The summed E-state index contributed by atoms with van der Waals surface area (Å²) in [7, 11) is 0. The Balaban J connectivity index is 1.33. The van der Waals surface area contributed by atoms with Gasteiger partial charge >= 0.3 is 0 Å². The minimum Gasteiger partial charge on any atom is -0.394 e. The first-order valence-corrected chi connectivity index (χ1v) is 13.2. The summed E-state index contributed by atoms with van der Waals surface area (Å²) in [6, 6.07) is 14.4. The number of nitrogens with two attached hydrogens (primary N) is 1. The molecule has 2 amide bonds. The van der Waals surface area contributed by atoms with Crippen LogP contribution in [0.2, 0.25) is 5.02 Å². The molecule has 1 unspecified atom stereocenters. The van der Waals surface area contributed by atoms with Crippen molar-refractivity contribution in [3.05, 3.63) is 92.9 Å². The number of hydrogen-bond donors (Lipinski definition) is 5. The number of H-pyrrole nitrogens is 1. The Hall–Kier alpha value is -4.32. The first-order valence-electron chi connectivity index (χ1n) is 12.8. The molecule has 0 saturated carbocycles. The lowest BCUT2D eigenvalue weighted by Gasteiger charge is -2.30. The van der Waals surface area contributed by atoms with Gasteiger partial charge in [0, 0.05) is 36.3 Å².